The van der Waals surface area contributed by atoms with Gasteiger partial charge in [-0.2, -0.15) is 0 Å². The Bertz CT molecular complexity index is 471. The van der Waals surface area contributed by atoms with E-state index in [0.717, 1.165) is 12.8 Å². The van der Waals surface area contributed by atoms with E-state index in [1.807, 2.05) is 0 Å². The molecule has 2 rings (SSSR count). The van der Waals surface area contributed by atoms with E-state index in [9.17, 15) is 9.59 Å². The SMILES string of the molecule is O=C(O)c1cc(C(=O)N(CCO)C2CC2)ccn1. The molecule has 1 heterocycles. The Morgan fingerprint density at radius 3 is 2.72 bits per heavy atom. The van der Waals surface area contributed by atoms with Crippen molar-refractivity contribution in [3.63, 3.8) is 0 Å². The van der Waals surface area contributed by atoms with E-state index in [0.29, 0.717) is 5.56 Å². The second-order valence-corrected chi connectivity index (χ2v) is 4.19. The van der Waals surface area contributed by atoms with Gasteiger partial charge in [0.1, 0.15) is 5.69 Å². The maximum Gasteiger partial charge on any atom is 0.354 e. The Morgan fingerprint density at radius 2 is 2.17 bits per heavy atom. The van der Waals surface area contributed by atoms with Crippen molar-refractivity contribution in [1.82, 2.24) is 9.88 Å². The summed E-state index contributed by atoms with van der Waals surface area (Å²) in [4.78, 5) is 28.2. The lowest BCUT2D eigenvalue weighted by atomic mass is 10.2. The number of nitrogens with zero attached hydrogens (tertiary/aromatic N) is 2. The average Bonchev–Trinajstić information content (AvgIpc) is 3.19. The summed E-state index contributed by atoms with van der Waals surface area (Å²) < 4.78 is 0. The summed E-state index contributed by atoms with van der Waals surface area (Å²) in [6, 6.07) is 2.92. The number of pyridine rings is 1. The fourth-order valence-corrected chi connectivity index (χ4v) is 1.79. The number of carbonyl (C=O) groups excluding carboxylic acids is 1. The molecule has 0 spiro atoms. The number of carboxylic acids is 1. The molecular formula is C12H14N2O4. The minimum absolute atomic E-state index is 0.0981. The summed E-state index contributed by atoms with van der Waals surface area (Å²) in [5, 5.41) is 17.8. The van der Waals surface area contributed by atoms with Crippen LogP contribution in [-0.4, -0.2) is 51.2 Å². The summed E-state index contributed by atoms with van der Waals surface area (Å²) in [6.07, 6.45) is 3.17. The van der Waals surface area contributed by atoms with Crippen LogP contribution in [0.5, 0.6) is 0 Å². The quantitative estimate of drug-likeness (QED) is 0.788. The third kappa shape index (κ3) is 2.65. The maximum atomic E-state index is 12.2. The van der Waals surface area contributed by atoms with Crippen LogP contribution in [0.4, 0.5) is 0 Å². The third-order valence-corrected chi connectivity index (χ3v) is 2.82. The lowest BCUT2D eigenvalue weighted by Crippen LogP contribution is -2.35. The molecule has 1 aromatic rings. The van der Waals surface area contributed by atoms with Gasteiger partial charge in [0, 0.05) is 24.3 Å². The fourth-order valence-electron chi connectivity index (χ4n) is 1.79. The molecule has 1 aliphatic carbocycles. The predicted octanol–water partition coefficient (Wildman–Crippen LogP) is 0.377. The number of carboxylic acid groups (broad SMARTS) is 1. The first-order chi connectivity index (χ1) is 8.63. The van der Waals surface area contributed by atoms with Crippen molar-refractivity contribution < 1.29 is 19.8 Å². The lowest BCUT2D eigenvalue weighted by Gasteiger charge is -2.21. The second kappa shape index (κ2) is 5.14. The molecule has 2 N–H and O–H groups in total. The third-order valence-electron chi connectivity index (χ3n) is 2.82. The van der Waals surface area contributed by atoms with Gasteiger partial charge in [0.05, 0.1) is 6.61 Å². The molecule has 1 fully saturated rings. The Balaban J connectivity index is 2.21. The molecule has 1 amide bonds. The molecule has 1 aromatic heterocycles. The van der Waals surface area contributed by atoms with Crippen molar-refractivity contribution in [3.8, 4) is 0 Å². The molecule has 18 heavy (non-hydrogen) atoms. The number of aliphatic hydroxyl groups excluding tert-OH is 1. The van der Waals surface area contributed by atoms with E-state index in [4.69, 9.17) is 10.2 Å². The van der Waals surface area contributed by atoms with Gasteiger partial charge in [-0.25, -0.2) is 9.78 Å². The Kier molecular flexibility index (Phi) is 3.57. The fraction of sp³-hybridized carbons (Fsp3) is 0.417. The van der Waals surface area contributed by atoms with Crippen LogP contribution < -0.4 is 0 Å². The standard InChI is InChI=1S/C12H14N2O4/c15-6-5-14(9-1-2-9)11(16)8-3-4-13-10(7-8)12(17)18/h3-4,7,9,15H,1-2,5-6H2,(H,17,18). The van der Waals surface area contributed by atoms with E-state index < -0.39 is 5.97 Å². The highest BCUT2D eigenvalue weighted by molar-refractivity contribution is 5.97. The van der Waals surface area contributed by atoms with Gasteiger partial charge in [0.15, 0.2) is 0 Å². The van der Waals surface area contributed by atoms with Crippen LogP contribution in [0, 0.1) is 0 Å². The summed E-state index contributed by atoms with van der Waals surface area (Å²) in [7, 11) is 0. The topological polar surface area (TPSA) is 90.7 Å². The van der Waals surface area contributed by atoms with Crippen molar-refractivity contribution in [2.24, 2.45) is 0 Å². The van der Waals surface area contributed by atoms with Gasteiger partial charge in [0.2, 0.25) is 0 Å². The number of aliphatic hydroxyl groups is 1. The Hall–Kier alpha value is -1.95. The van der Waals surface area contributed by atoms with E-state index in [2.05, 4.69) is 4.98 Å². The number of rotatable bonds is 5. The van der Waals surface area contributed by atoms with Crippen LogP contribution in [0.3, 0.4) is 0 Å². The van der Waals surface area contributed by atoms with Crippen molar-refractivity contribution in [2.45, 2.75) is 18.9 Å². The highest BCUT2D eigenvalue weighted by Gasteiger charge is 2.32. The second-order valence-electron chi connectivity index (χ2n) is 4.19. The van der Waals surface area contributed by atoms with Gasteiger partial charge in [0.25, 0.3) is 5.91 Å². The number of aromatic carboxylic acids is 1. The van der Waals surface area contributed by atoms with Gasteiger partial charge in [-0.3, -0.25) is 4.79 Å². The molecule has 1 saturated carbocycles. The summed E-state index contributed by atoms with van der Waals surface area (Å²) in [5.74, 6) is -1.42. The molecule has 6 nitrogen and oxygen atoms in total. The maximum absolute atomic E-state index is 12.2. The van der Waals surface area contributed by atoms with Crippen LogP contribution >= 0.6 is 0 Å². The molecule has 6 heteroatoms. The normalized spacial score (nSPS) is 14.3. The molecule has 0 saturated heterocycles. The monoisotopic (exact) mass is 250 g/mol. The number of amides is 1. The number of hydrogen-bond acceptors (Lipinski definition) is 4. The van der Waals surface area contributed by atoms with Crippen molar-refractivity contribution in [3.05, 3.63) is 29.6 Å². The first kappa shape index (κ1) is 12.5. The van der Waals surface area contributed by atoms with E-state index in [1.54, 1.807) is 4.90 Å². The van der Waals surface area contributed by atoms with Gasteiger partial charge in [-0.1, -0.05) is 0 Å². The molecule has 0 bridgehead atoms. The average molecular weight is 250 g/mol. The molecular weight excluding hydrogens is 236 g/mol. The van der Waals surface area contributed by atoms with Crippen LogP contribution in [-0.2, 0) is 0 Å². The summed E-state index contributed by atoms with van der Waals surface area (Å²) >= 11 is 0. The first-order valence-corrected chi connectivity index (χ1v) is 5.74. The molecule has 0 unspecified atom stereocenters. The van der Waals surface area contributed by atoms with Gasteiger partial charge in [-0.05, 0) is 25.0 Å². The van der Waals surface area contributed by atoms with E-state index >= 15 is 0 Å². The lowest BCUT2D eigenvalue weighted by molar-refractivity contribution is 0.0690. The van der Waals surface area contributed by atoms with Crippen LogP contribution in [0.1, 0.15) is 33.7 Å². The smallest absolute Gasteiger partial charge is 0.354 e. The number of hydrogen-bond donors (Lipinski definition) is 2. The highest BCUT2D eigenvalue weighted by atomic mass is 16.4. The van der Waals surface area contributed by atoms with E-state index in [-0.39, 0.29) is 30.8 Å². The molecule has 0 aromatic carbocycles. The minimum atomic E-state index is -1.16. The predicted molar refractivity (Wildman–Crippen MR) is 62.3 cm³/mol. The highest BCUT2D eigenvalue weighted by Crippen LogP contribution is 2.27. The number of aromatic nitrogens is 1. The molecule has 1 aliphatic rings. The van der Waals surface area contributed by atoms with E-state index in [1.165, 1.54) is 18.3 Å². The Labute approximate surface area is 104 Å². The van der Waals surface area contributed by atoms with Crippen molar-refractivity contribution in [1.29, 1.82) is 0 Å². The van der Waals surface area contributed by atoms with Gasteiger partial charge >= 0.3 is 5.97 Å². The molecule has 0 atom stereocenters. The molecule has 0 radical (unpaired) electrons. The molecule has 0 aliphatic heterocycles. The van der Waals surface area contributed by atoms with Crippen molar-refractivity contribution in [2.75, 3.05) is 13.2 Å². The Morgan fingerprint density at radius 1 is 1.44 bits per heavy atom. The zero-order chi connectivity index (χ0) is 13.1. The minimum Gasteiger partial charge on any atom is -0.477 e. The summed E-state index contributed by atoms with van der Waals surface area (Å²) in [6.45, 7) is 0.174. The first-order valence-electron chi connectivity index (χ1n) is 5.74. The van der Waals surface area contributed by atoms with Crippen LogP contribution in [0.15, 0.2) is 18.3 Å². The van der Waals surface area contributed by atoms with Gasteiger partial charge in [-0.15, -0.1) is 0 Å². The zero-order valence-electron chi connectivity index (χ0n) is 9.74. The van der Waals surface area contributed by atoms with Crippen molar-refractivity contribution >= 4 is 11.9 Å². The largest absolute Gasteiger partial charge is 0.477 e. The summed E-state index contributed by atoms with van der Waals surface area (Å²) in [5.41, 5.74) is 0.142. The van der Waals surface area contributed by atoms with Crippen LogP contribution in [0.25, 0.3) is 0 Å². The number of carbonyl (C=O) groups is 2. The van der Waals surface area contributed by atoms with Crippen LogP contribution in [0.2, 0.25) is 0 Å². The zero-order valence-corrected chi connectivity index (χ0v) is 9.74. The molecule has 96 valence electrons. The van der Waals surface area contributed by atoms with Gasteiger partial charge < -0.3 is 15.1 Å².